The Balaban J connectivity index is 5.77. The van der Waals surface area contributed by atoms with Gasteiger partial charge in [0.25, 0.3) is 0 Å². The molecule has 0 bridgehead atoms. The highest BCUT2D eigenvalue weighted by Crippen LogP contribution is 2.40. The second-order valence-corrected chi connectivity index (χ2v) is 4.42. The first-order valence-corrected chi connectivity index (χ1v) is 6.63. The van der Waals surface area contributed by atoms with Crippen molar-refractivity contribution >= 4 is 11.9 Å². The van der Waals surface area contributed by atoms with Crippen molar-refractivity contribution in [3.63, 3.8) is 0 Å². The van der Waals surface area contributed by atoms with Crippen LogP contribution < -0.4 is 0 Å². The standard InChI is InChI=1S/C13H21F3O6/c1-5-21-10(17)12(8-13(14,15)16,11(18)22-6-2)7-9(19-3)20-4/h9H,5-8H2,1-4H3. The molecule has 0 spiro atoms. The summed E-state index contributed by atoms with van der Waals surface area (Å²) < 4.78 is 57.7. The van der Waals surface area contributed by atoms with Crippen molar-refractivity contribution < 1.29 is 41.7 Å². The van der Waals surface area contributed by atoms with Gasteiger partial charge < -0.3 is 18.9 Å². The van der Waals surface area contributed by atoms with Crippen molar-refractivity contribution in [2.24, 2.45) is 5.41 Å². The van der Waals surface area contributed by atoms with Gasteiger partial charge in [0.1, 0.15) is 0 Å². The molecule has 0 aromatic heterocycles. The van der Waals surface area contributed by atoms with Crippen molar-refractivity contribution in [1.82, 2.24) is 0 Å². The van der Waals surface area contributed by atoms with E-state index < -0.39 is 42.7 Å². The molecule has 0 aromatic rings. The number of halogens is 3. The van der Waals surface area contributed by atoms with Crippen LogP contribution in [0.1, 0.15) is 26.7 Å². The van der Waals surface area contributed by atoms with Crippen molar-refractivity contribution in [2.75, 3.05) is 27.4 Å². The van der Waals surface area contributed by atoms with Gasteiger partial charge in [0.05, 0.1) is 19.6 Å². The molecule has 0 aliphatic rings. The van der Waals surface area contributed by atoms with E-state index in [1.54, 1.807) is 0 Å². The molecule has 130 valence electrons. The molecule has 0 rings (SSSR count). The SMILES string of the molecule is CCOC(=O)C(CC(OC)OC)(CC(F)(F)F)C(=O)OCC. The molecule has 0 unspecified atom stereocenters. The van der Waals surface area contributed by atoms with Crippen LogP contribution in [0, 0.1) is 5.41 Å². The molecule has 6 nitrogen and oxygen atoms in total. The number of methoxy groups -OCH3 is 2. The average Bonchev–Trinajstić information content (AvgIpc) is 2.42. The second kappa shape index (κ2) is 8.94. The number of esters is 2. The van der Waals surface area contributed by atoms with Crippen LogP contribution in [0.2, 0.25) is 0 Å². The van der Waals surface area contributed by atoms with Crippen LogP contribution in [-0.2, 0) is 28.5 Å². The van der Waals surface area contributed by atoms with Gasteiger partial charge in [-0.1, -0.05) is 0 Å². The van der Waals surface area contributed by atoms with Crippen LogP contribution in [0.25, 0.3) is 0 Å². The number of hydrogen-bond donors (Lipinski definition) is 0. The fraction of sp³-hybridized carbons (Fsp3) is 0.846. The molecule has 0 fully saturated rings. The predicted octanol–water partition coefficient (Wildman–Crippen LogP) is 2.06. The largest absolute Gasteiger partial charge is 0.465 e. The van der Waals surface area contributed by atoms with Crippen molar-refractivity contribution in [3.05, 3.63) is 0 Å². The Bertz CT molecular complexity index is 347. The Kier molecular flexibility index (Phi) is 8.39. The summed E-state index contributed by atoms with van der Waals surface area (Å²) in [4.78, 5) is 24.2. The summed E-state index contributed by atoms with van der Waals surface area (Å²) in [5.74, 6) is -2.63. The predicted molar refractivity (Wildman–Crippen MR) is 68.8 cm³/mol. The number of hydrogen-bond acceptors (Lipinski definition) is 6. The fourth-order valence-corrected chi connectivity index (χ4v) is 1.89. The molecule has 0 aliphatic carbocycles. The van der Waals surface area contributed by atoms with Crippen molar-refractivity contribution in [1.29, 1.82) is 0 Å². The lowest BCUT2D eigenvalue weighted by Crippen LogP contribution is -2.48. The van der Waals surface area contributed by atoms with Gasteiger partial charge in [-0.05, 0) is 13.8 Å². The number of carbonyl (C=O) groups excluding carboxylic acids is 2. The summed E-state index contributed by atoms with van der Waals surface area (Å²) >= 11 is 0. The zero-order valence-electron chi connectivity index (χ0n) is 13.0. The lowest BCUT2D eigenvalue weighted by atomic mass is 9.80. The van der Waals surface area contributed by atoms with Crippen LogP contribution >= 0.6 is 0 Å². The molecule has 0 saturated heterocycles. The minimum absolute atomic E-state index is 0.178. The van der Waals surface area contributed by atoms with Crippen molar-refractivity contribution in [3.8, 4) is 0 Å². The summed E-state index contributed by atoms with van der Waals surface area (Å²) in [5, 5.41) is 0. The molecule has 0 aromatic carbocycles. The van der Waals surface area contributed by atoms with Gasteiger partial charge in [0.2, 0.25) is 0 Å². The first-order valence-electron chi connectivity index (χ1n) is 6.63. The average molecular weight is 330 g/mol. The summed E-state index contributed by atoms with van der Waals surface area (Å²) in [6, 6.07) is 0. The molecule has 0 heterocycles. The fourth-order valence-electron chi connectivity index (χ4n) is 1.89. The molecule has 0 amide bonds. The third-order valence-corrected chi connectivity index (χ3v) is 2.88. The van der Waals surface area contributed by atoms with Gasteiger partial charge >= 0.3 is 18.1 Å². The van der Waals surface area contributed by atoms with E-state index in [0.29, 0.717) is 0 Å². The third kappa shape index (κ3) is 5.80. The molecular weight excluding hydrogens is 309 g/mol. The first kappa shape index (κ1) is 20.6. The maximum atomic E-state index is 12.9. The number of rotatable bonds is 9. The van der Waals surface area contributed by atoms with Crippen LogP contribution in [-0.4, -0.2) is 51.8 Å². The van der Waals surface area contributed by atoms with Crippen LogP contribution in [0.15, 0.2) is 0 Å². The Labute approximate surface area is 126 Å². The zero-order valence-corrected chi connectivity index (χ0v) is 13.0. The van der Waals surface area contributed by atoms with E-state index in [2.05, 4.69) is 9.47 Å². The van der Waals surface area contributed by atoms with E-state index in [4.69, 9.17) is 9.47 Å². The van der Waals surface area contributed by atoms with Gasteiger partial charge in [-0.25, -0.2) is 0 Å². The van der Waals surface area contributed by atoms with Gasteiger partial charge in [-0.2, -0.15) is 13.2 Å². The number of ether oxygens (including phenoxy) is 4. The van der Waals surface area contributed by atoms with Gasteiger partial charge in [0, 0.05) is 20.6 Å². The van der Waals surface area contributed by atoms with Crippen LogP contribution in [0.4, 0.5) is 13.2 Å². The Hall–Kier alpha value is -1.35. The maximum Gasteiger partial charge on any atom is 0.390 e. The van der Waals surface area contributed by atoms with Gasteiger partial charge in [-0.15, -0.1) is 0 Å². The molecule has 0 N–H and O–H groups in total. The van der Waals surface area contributed by atoms with E-state index in [1.807, 2.05) is 0 Å². The van der Waals surface area contributed by atoms with E-state index >= 15 is 0 Å². The van der Waals surface area contributed by atoms with Crippen LogP contribution in [0.3, 0.4) is 0 Å². The van der Waals surface area contributed by atoms with Gasteiger partial charge in [-0.3, -0.25) is 9.59 Å². The molecule has 0 aliphatic heterocycles. The molecule has 0 atom stereocenters. The van der Waals surface area contributed by atoms with E-state index in [1.165, 1.54) is 28.1 Å². The summed E-state index contributed by atoms with van der Waals surface area (Å²) in [5.41, 5.74) is -2.57. The van der Waals surface area contributed by atoms with E-state index in [0.717, 1.165) is 0 Å². The Morgan fingerprint density at radius 3 is 1.64 bits per heavy atom. The van der Waals surface area contributed by atoms with E-state index in [-0.39, 0.29) is 13.2 Å². The Morgan fingerprint density at radius 1 is 0.955 bits per heavy atom. The summed E-state index contributed by atoms with van der Waals surface area (Å²) in [7, 11) is 2.37. The molecule has 9 heteroatoms. The van der Waals surface area contributed by atoms with Gasteiger partial charge in [0.15, 0.2) is 11.7 Å². The van der Waals surface area contributed by atoms with E-state index in [9.17, 15) is 22.8 Å². The molecule has 0 radical (unpaired) electrons. The molecule has 0 saturated carbocycles. The highest BCUT2D eigenvalue weighted by atomic mass is 19.4. The highest BCUT2D eigenvalue weighted by molar-refractivity contribution is 6.00. The topological polar surface area (TPSA) is 71.1 Å². The third-order valence-electron chi connectivity index (χ3n) is 2.88. The first-order chi connectivity index (χ1) is 10.2. The highest BCUT2D eigenvalue weighted by Gasteiger charge is 2.56. The zero-order chi connectivity index (χ0) is 17.4. The van der Waals surface area contributed by atoms with Crippen molar-refractivity contribution in [2.45, 2.75) is 39.2 Å². The number of alkyl halides is 3. The lowest BCUT2D eigenvalue weighted by Gasteiger charge is -2.32. The second-order valence-electron chi connectivity index (χ2n) is 4.42. The lowest BCUT2D eigenvalue weighted by molar-refractivity contribution is -0.209. The smallest absolute Gasteiger partial charge is 0.390 e. The number of carbonyl (C=O) groups is 2. The molecule has 22 heavy (non-hydrogen) atoms. The summed E-state index contributed by atoms with van der Waals surface area (Å²) in [6.45, 7) is 2.49. The normalized spacial score (nSPS) is 12.4. The molecular formula is C13H21F3O6. The van der Waals surface area contributed by atoms with Crippen LogP contribution in [0.5, 0.6) is 0 Å². The minimum Gasteiger partial charge on any atom is -0.465 e. The monoisotopic (exact) mass is 330 g/mol. The minimum atomic E-state index is -4.79. The summed E-state index contributed by atoms with van der Waals surface area (Å²) in [6.07, 6.45) is -8.37. The Morgan fingerprint density at radius 2 is 1.36 bits per heavy atom. The quantitative estimate of drug-likeness (QED) is 0.366. The maximum absolute atomic E-state index is 12.9.